The molecule has 5 heteroatoms. The summed E-state index contributed by atoms with van der Waals surface area (Å²) in [5.74, 6) is -0.139. The van der Waals surface area contributed by atoms with E-state index in [1.807, 2.05) is 32.0 Å². The minimum atomic E-state index is -0.139. The molecule has 1 amide bonds. The molecule has 0 aliphatic carbocycles. The molecule has 2 aromatic heterocycles. The van der Waals surface area contributed by atoms with Gasteiger partial charge in [-0.1, -0.05) is 6.07 Å². The summed E-state index contributed by atoms with van der Waals surface area (Å²) in [4.78, 5) is 16.1. The van der Waals surface area contributed by atoms with Gasteiger partial charge >= 0.3 is 0 Å². The van der Waals surface area contributed by atoms with Gasteiger partial charge in [-0.15, -0.1) is 0 Å². The fourth-order valence-corrected chi connectivity index (χ4v) is 1.54. The summed E-state index contributed by atoms with van der Waals surface area (Å²) in [6.07, 6.45) is 1.52. The predicted molar refractivity (Wildman–Crippen MR) is 63.5 cm³/mol. The molecule has 0 aromatic carbocycles. The number of carbonyl (C=O) groups excluding carboxylic acids is 1. The number of hydrogen-bond acceptors (Lipinski definition) is 3. The fraction of sp³-hybridized carbons (Fsp3) is 0.250. The number of aryl methyl sites for hydroxylation is 2. The summed E-state index contributed by atoms with van der Waals surface area (Å²) in [6, 6.07) is 5.73. The first-order chi connectivity index (χ1) is 8.16. The van der Waals surface area contributed by atoms with Crippen molar-refractivity contribution in [1.29, 1.82) is 0 Å². The molecule has 0 spiro atoms. The van der Waals surface area contributed by atoms with Crippen LogP contribution in [-0.4, -0.2) is 21.1 Å². The van der Waals surface area contributed by atoms with Crippen LogP contribution in [0.2, 0.25) is 0 Å². The SMILES string of the molecule is Cc1cccc(CNC(=O)c2cn[nH]c2C)n1. The lowest BCUT2D eigenvalue weighted by Crippen LogP contribution is -2.23. The number of nitrogens with zero attached hydrogens (tertiary/aromatic N) is 2. The summed E-state index contributed by atoms with van der Waals surface area (Å²) in [6.45, 7) is 4.16. The average Bonchev–Trinajstić information content (AvgIpc) is 2.72. The minimum Gasteiger partial charge on any atom is -0.346 e. The van der Waals surface area contributed by atoms with Crippen molar-refractivity contribution in [2.45, 2.75) is 20.4 Å². The Bertz CT molecular complexity index is 533. The molecule has 0 radical (unpaired) electrons. The zero-order valence-electron chi connectivity index (χ0n) is 9.82. The Labute approximate surface area is 99.3 Å². The first-order valence-corrected chi connectivity index (χ1v) is 5.37. The van der Waals surface area contributed by atoms with Crippen molar-refractivity contribution >= 4 is 5.91 Å². The van der Waals surface area contributed by atoms with Crippen molar-refractivity contribution < 1.29 is 4.79 Å². The maximum atomic E-state index is 11.8. The van der Waals surface area contributed by atoms with Crippen molar-refractivity contribution in [3.05, 3.63) is 47.0 Å². The van der Waals surface area contributed by atoms with Crippen molar-refractivity contribution in [2.24, 2.45) is 0 Å². The maximum absolute atomic E-state index is 11.8. The van der Waals surface area contributed by atoms with E-state index in [9.17, 15) is 4.79 Å². The van der Waals surface area contributed by atoms with Gasteiger partial charge in [-0.25, -0.2) is 0 Å². The van der Waals surface area contributed by atoms with Gasteiger partial charge < -0.3 is 5.32 Å². The molecule has 88 valence electrons. The molecule has 0 atom stereocenters. The van der Waals surface area contributed by atoms with Gasteiger partial charge in [0.15, 0.2) is 0 Å². The zero-order chi connectivity index (χ0) is 12.3. The topological polar surface area (TPSA) is 70.7 Å². The van der Waals surface area contributed by atoms with Gasteiger partial charge in [0.05, 0.1) is 24.0 Å². The number of amides is 1. The highest BCUT2D eigenvalue weighted by Gasteiger charge is 2.10. The highest BCUT2D eigenvalue weighted by molar-refractivity contribution is 5.94. The predicted octanol–water partition coefficient (Wildman–Crippen LogP) is 1.35. The average molecular weight is 230 g/mol. The Kier molecular flexibility index (Phi) is 3.18. The highest BCUT2D eigenvalue weighted by atomic mass is 16.1. The van der Waals surface area contributed by atoms with Gasteiger partial charge in [0, 0.05) is 11.4 Å². The Hall–Kier alpha value is -2.17. The number of pyridine rings is 1. The van der Waals surface area contributed by atoms with Gasteiger partial charge in [-0.3, -0.25) is 14.9 Å². The van der Waals surface area contributed by atoms with Gasteiger partial charge in [-0.2, -0.15) is 5.10 Å². The van der Waals surface area contributed by atoms with Crippen molar-refractivity contribution in [3.8, 4) is 0 Å². The standard InChI is InChI=1S/C12H14N4O/c1-8-4-3-5-10(15-8)6-13-12(17)11-7-14-16-9(11)2/h3-5,7H,6H2,1-2H3,(H,13,17)(H,14,16). The van der Waals surface area contributed by atoms with Gasteiger partial charge in [0.2, 0.25) is 0 Å². The highest BCUT2D eigenvalue weighted by Crippen LogP contribution is 2.03. The quantitative estimate of drug-likeness (QED) is 0.836. The van der Waals surface area contributed by atoms with Crippen LogP contribution in [0.15, 0.2) is 24.4 Å². The Morgan fingerprint density at radius 2 is 2.24 bits per heavy atom. The number of rotatable bonds is 3. The third-order valence-corrected chi connectivity index (χ3v) is 2.45. The van der Waals surface area contributed by atoms with E-state index >= 15 is 0 Å². The molecular formula is C12H14N4O. The van der Waals surface area contributed by atoms with Gasteiger partial charge in [0.25, 0.3) is 5.91 Å². The molecule has 0 bridgehead atoms. The first-order valence-electron chi connectivity index (χ1n) is 5.37. The number of aromatic nitrogens is 3. The van der Waals surface area contributed by atoms with Crippen molar-refractivity contribution in [3.63, 3.8) is 0 Å². The molecule has 2 heterocycles. The zero-order valence-corrected chi connectivity index (χ0v) is 9.82. The molecule has 0 fully saturated rings. The molecule has 0 aliphatic heterocycles. The van der Waals surface area contributed by atoms with E-state index < -0.39 is 0 Å². The molecule has 5 nitrogen and oxygen atoms in total. The monoisotopic (exact) mass is 230 g/mol. The van der Waals surface area contributed by atoms with E-state index in [0.717, 1.165) is 17.1 Å². The van der Waals surface area contributed by atoms with Crippen LogP contribution in [-0.2, 0) is 6.54 Å². The molecule has 2 N–H and O–H groups in total. The number of H-pyrrole nitrogens is 1. The third kappa shape index (κ3) is 2.69. The second-order valence-corrected chi connectivity index (χ2v) is 3.86. The second kappa shape index (κ2) is 4.78. The number of carbonyl (C=O) groups is 1. The van der Waals surface area contributed by atoms with E-state index in [0.29, 0.717) is 12.1 Å². The van der Waals surface area contributed by atoms with E-state index in [1.165, 1.54) is 6.20 Å². The molecule has 2 rings (SSSR count). The normalized spacial score (nSPS) is 10.2. The largest absolute Gasteiger partial charge is 0.346 e. The summed E-state index contributed by atoms with van der Waals surface area (Å²) >= 11 is 0. The van der Waals surface area contributed by atoms with Crippen LogP contribution in [0.4, 0.5) is 0 Å². The molecule has 0 saturated carbocycles. The Morgan fingerprint density at radius 1 is 1.41 bits per heavy atom. The van der Waals surface area contributed by atoms with E-state index in [4.69, 9.17) is 0 Å². The van der Waals surface area contributed by atoms with Crippen LogP contribution in [0.5, 0.6) is 0 Å². The first kappa shape index (κ1) is 11.3. The van der Waals surface area contributed by atoms with Crippen LogP contribution in [0, 0.1) is 13.8 Å². The van der Waals surface area contributed by atoms with Crippen LogP contribution < -0.4 is 5.32 Å². The smallest absolute Gasteiger partial charge is 0.255 e. The number of hydrogen-bond donors (Lipinski definition) is 2. The molecule has 17 heavy (non-hydrogen) atoms. The molecular weight excluding hydrogens is 216 g/mol. The molecule has 0 aliphatic rings. The molecule has 0 saturated heterocycles. The minimum absolute atomic E-state index is 0.139. The van der Waals surface area contributed by atoms with E-state index in [-0.39, 0.29) is 5.91 Å². The van der Waals surface area contributed by atoms with Crippen LogP contribution in [0.25, 0.3) is 0 Å². The second-order valence-electron chi connectivity index (χ2n) is 3.86. The van der Waals surface area contributed by atoms with Crippen molar-refractivity contribution in [1.82, 2.24) is 20.5 Å². The lowest BCUT2D eigenvalue weighted by Gasteiger charge is -2.04. The fourth-order valence-electron chi connectivity index (χ4n) is 1.54. The van der Waals surface area contributed by atoms with Crippen LogP contribution in [0.3, 0.4) is 0 Å². The summed E-state index contributed by atoms with van der Waals surface area (Å²) in [5.41, 5.74) is 3.12. The molecule has 2 aromatic rings. The van der Waals surface area contributed by atoms with Crippen LogP contribution >= 0.6 is 0 Å². The summed E-state index contributed by atoms with van der Waals surface area (Å²) in [7, 11) is 0. The summed E-state index contributed by atoms with van der Waals surface area (Å²) < 4.78 is 0. The maximum Gasteiger partial charge on any atom is 0.255 e. The van der Waals surface area contributed by atoms with Gasteiger partial charge in [0.1, 0.15) is 0 Å². The molecule has 0 unspecified atom stereocenters. The number of aromatic amines is 1. The van der Waals surface area contributed by atoms with Crippen LogP contribution in [0.1, 0.15) is 27.4 Å². The van der Waals surface area contributed by atoms with E-state index in [2.05, 4.69) is 20.5 Å². The number of nitrogens with one attached hydrogen (secondary N) is 2. The summed E-state index contributed by atoms with van der Waals surface area (Å²) in [5, 5.41) is 9.35. The Balaban J connectivity index is 1.99. The van der Waals surface area contributed by atoms with Gasteiger partial charge in [-0.05, 0) is 26.0 Å². The van der Waals surface area contributed by atoms with Crippen molar-refractivity contribution in [2.75, 3.05) is 0 Å². The lowest BCUT2D eigenvalue weighted by molar-refractivity contribution is 0.0950. The Morgan fingerprint density at radius 3 is 2.88 bits per heavy atom. The lowest BCUT2D eigenvalue weighted by atomic mass is 10.2. The van der Waals surface area contributed by atoms with E-state index in [1.54, 1.807) is 0 Å². The third-order valence-electron chi connectivity index (χ3n) is 2.45.